The number of imidazole rings is 1. The summed E-state index contributed by atoms with van der Waals surface area (Å²) >= 11 is 0. The van der Waals surface area contributed by atoms with Crippen molar-refractivity contribution in [2.24, 2.45) is 0 Å². The van der Waals surface area contributed by atoms with Crippen LogP contribution in [-0.2, 0) is 0 Å². The fraction of sp³-hybridized carbons (Fsp3) is 0.500. The minimum Gasteiger partial charge on any atom is -0.395 e. The highest BCUT2D eigenvalue weighted by molar-refractivity contribution is 5.68. The zero-order valence-corrected chi connectivity index (χ0v) is 9.13. The zero-order chi connectivity index (χ0) is 11.8. The number of fused-ring (bicyclic) bond motifs is 1. The molecule has 0 amide bonds. The third-order valence-electron chi connectivity index (χ3n) is 3.18. The van der Waals surface area contributed by atoms with E-state index in [4.69, 9.17) is 5.11 Å². The van der Waals surface area contributed by atoms with Crippen molar-refractivity contribution < 1.29 is 5.11 Å². The van der Waals surface area contributed by atoms with Crippen LogP contribution >= 0.6 is 0 Å². The number of aliphatic hydroxyl groups excluding tert-OH is 1. The fourth-order valence-electron chi connectivity index (χ4n) is 2.28. The van der Waals surface area contributed by atoms with Crippen LogP contribution in [0.2, 0.25) is 0 Å². The molecule has 3 heterocycles. The van der Waals surface area contributed by atoms with Crippen molar-refractivity contribution >= 4 is 11.2 Å². The molecule has 7 heteroatoms. The summed E-state index contributed by atoms with van der Waals surface area (Å²) in [6.45, 7) is 0.877. The average Bonchev–Trinajstić information content (AvgIpc) is 2.94. The van der Waals surface area contributed by atoms with E-state index in [0.717, 1.165) is 13.0 Å². The first-order valence-electron chi connectivity index (χ1n) is 5.54. The van der Waals surface area contributed by atoms with Gasteiger partial charge in [0.1, 0.15) is 0 Å². The highest BCUT2D eigenvalue weighted by atomic mass is 16.3. The molecule has 0 unspecified atom stereocenters. The highest BCUT2D eigenvalue weighted by Gasteiger charge is 2.26. The van der Waals surface area contributed by atoms with Crippen molar-refractivity contribution in [2.45, 2.75) is 18.5 Å². The van der Waals surface area contributed by atoms with Crippen LogP contribution in [0.15, 0.2) is 17.4 Å². The van der Waals surface area contributed by atoms with Crippen LogP contribution in [0.4, 0.5) is 0 Å². The number of aromatic nitrogens is 4. The first kappa shape index (κ1) is 10.4. The van der Waals surface area contributed by atoms with Crippen LogP contribution in [0.25, 0.3) is 11.2 Å². The maximum Gasteiger partial charge on any atom is 0.278 e. The molecule has 7 nitrogen and oxygen atoms in total. The molecule has 0 bridgehead atoms. The van der Waals surface area contributed by atoms with E-state index in [-0.39, 0.29) is 24.2 Å². The monoisotopic (exact) mass is 235 g/mol. The van der Waals surface area contributed by atoms with Crippen molar-refractivity contribution in [1.82, 2.24) is 24.8 Å². The van der Waals surface area contributed by atoms with Gasteiger partial charge < -0.3 is 20.0 Å². The van der Waals surface area contributed by atoms with Crippen LogP contribution in [0.1, 0.15) is 12.5 Å². The first-order chi connectivity index (χ1) is 8.29. The number of aromatic amines is 1. The van der Waals surface area contributed by atoms with Gasteiger partial charge in [0, 0.05) is 12.6 Å². The topological polar surface area (TPSA) is 95.8 Å². The second kappa shape index (κ2) is 3.94. The van der Waals surface area contributed by atoms with Gasteiger partial charge in [0.15, 0.2) is 11.2 Å². The summed E-state index contributed by atoms with van der Waals surface area (Å²) in [4.78, 5) is 22.2. The van der Waals surface area contributed by atoms with E-state index in [0.29, 0.717) is 11.2 Å². The van der Waals surface area contributed by atoms with Gasteiger partial charge in [-0.05, 0) is 6.42 Å². The number of hydrogen-bond donors (Lipinski definition) is 3. The van der Waals surface area contributed by atoms with E-state index in [1.807, 2.05) is 4.57 Å². The van der Waals surface area contributed by atoms with Crippen LogP contribution < -0.4 is 10.9 Å². The molecule has 2 aromatic heterocycles. The van der Waals surface area contributed by atoms with Gasteiger partial charge in [0.05, 0.1) is 25.3 Å². The number of nitrogens with one attached hydrogen (secondary N) is 2. The standard InChI is InChI=1S/C10H13N5O2/c16-3-6-1-7(2-11-6)15-5-14-8-9(15)12-4-13-10(8)17/h4-7,11,16H,1-3H2,(H,12,13,17)/t6-,7-/m1/s1. The average molecular weight is 235 g/mol. The van der Waals surface area contributed by atoms with Gasteiger partial charge in [-0.1, -0.05) is 0 Å². The van der Waals surface area contributed by atoms with Crippen LogP contribution in [-0.4, -0.2) is 43.8 Å². The Bertz CT molecular complexity index is 590. The summed E-state index contributed by atoms with van der Waals surface area (Å²) < 4.78 is 1.90. The molecular formula is C10H13N5O2. The SMILES string of the molecule is O=c1[nH]cnc2c1ncn2[C@H]1CN[C@@H](CO)C1. The van der Waals surface area contributed by atoms with Crippen LogP contribution in [0.5, 0.6) is 0 Å². The van der Waals surface area contributed by atoms with Crippen LogP contribution in [0.3, 0.4) is 0 Å². The maximum atomic E-state index is 11.5. The summed E-state index contributed by atoms with van der Waals surface area (Å²) in [7, 11) is 0. The summed E-state index contributed by atoms with van der Waals surface area (Å²) in [5.41, 5.74) is 0.734. The third-order valence-corrected chi connectivity index (χ3v) is 3.18. The molecule has 1 aliphatic heterocycles. The van der Waals surface area contributed by atoms with Gasteiger partial charge in [-0.25, -0.2) is 9.97 Å². The third kappa shape index (κ3) is 1.63. The molecule has 0 radical (unpaired) electrons. The summed E-state index contributed by atoms with van der Waals surface area (Å²) in [6.07, 6.45) is 3.84. The molecule has 0 saturated carbocycles. The minimum atomic E-state index is -0.224. The molecule has 1 saturated heterocycles. The lowest BCUT2D eigenvalue weighted by atomic mass is 10.2. The molecule has 3 rings (SSSR count). The maximum absolute atomic E-state index is 11.5. The molecule has 0 aromatic carbocycles. The number of H-pyrrole nitrogens is 1. The Morgan fingerprint density at radius 1 is 1.53 bits per heavy atom. The van der Waals surface area contributed by atoms with Gasteiger partial charge in [-0.15, -0.1) is 0 Å². The smallest absolute Gasteiger partial charge is 0.278 e. The van der Waals surface area contributed by atoms with E-state index in [2.05, 4.69) is 20.3 Å². The molecular weight excluding hydrogens is 222 g/mol. The molecule has 2 aromatic rings. The zero-order valence-electron chi connectivity index (χ0n) is 9.13. The van der Waals surface area contributed by atoms with E-state index < -0.39 is 0 Å². The van der Waals surface area contributed by atoms with Gasteiger partial charge in [0.25, 0.3) is 5.56 Å². The van der Waals surface area contributed by atoms with Crippen molar-refractivity contribution in [2.75, 3.05) is 13.2 Å². The Morgan fingerprint density at radius 2 is 2.41 bits per heavy atom. The summed E-state index contributed by atoms with van der Waals surface area (Å²) in [5, 5.41) is 12.3. The predicted molar refractivity (Wildman–Crippen MR) is 60.7 cm³/mol. The lowest BCUT2D eigenvalue weighted by Crippen LogP contribution is -2.24. The van der Waals surface area contributed by atoms with E-state index in [9.17, 15) is 4.79 Å². The van der Waals surface area contributed by atoms with Gasteiger partial charge in [-0.2, -0.15) is 0 Å². The molecule has 0 spiro atoms. The van der Waals surface area contributed by atoms with Crippen molar-refractivity contribution in [3.8, 4) is 0 Å². The normalized spacial score (nSPS) is 24.5. The second-order valence-electron chi connectivity index (χ2n) is 4.23. The summed E-state index contributed by atoms with van der Waals surface area (Å²) in [6, 6.07) is 0.297. The Labute approximate surface area is 96.5 Å². The number of rotatable bonds is 2. The molecule has 3 N–H and O–H groups in total. The molecule has 1 fully saturated rings. The van der Waals surface area contributed by atoms with E-state index in [1.165, 1.54) is 6.33 Å². The fourth-order valence-corrected chi connectivity index (χ4v) is 2.28. The quantitative estimate of drug-likeness (QED) is 0.621. The number of aliphatic hydroxyl groups is 1. The Kier molecular flexibility index (Phi) is 2.41. The number of hydrogen-bond acceptors (Lipinski definition) is 5. The molecule has 17 heavy (non-hydrogen) atoms. The molecule has 1 aliphatic rings. The Hall–Kier alpha value is -1.73. The molecule has 90 valence electrons. The molecule has 2 atom stereocenters. The van der Waals surface area contributed by atoms with Gasteiger partial charge in [-0.3, -0.25) is 4.79 Å². The van der Waals surface area contributed by atoms with Crippen LogP contribution in [0, 0.1) is 0 Å². The Balaban J connectivity index is 2.02. The van der Waals surface area contributed by atoms with Gasteiger partial charge in [0.2, 0.25) is 0 Å². The number of nitrogens with zero attached hydrogens (tertiary/aromatic N) is 3. The van der Waals surface area contributed by atoms with E-state index in [1.54, 1.807) is 6.33 Å². The largest absolute Gasteiger partial charge is 0.395 e. The predicted octanol–water partition coefficient (Wildman–Crippen LogP) is -0.985. The van der Waals surface area contributed by atoms with Crippen molar-refractivity contribution in [3.05, 3.63) is 23.0 Å². The highest BCUT2D eigenvalue weighted by Crippen LogP contribution is 2.22. The summed E-state index contributed by atoms with van der Waals surface area (Å²) in [5.74, 6) is 0. The van der Waals surface area contributed by atoms with E-state index >= 15 is 0 Å². The first-order valence-corrected chi connectivity index (χ1v) is 5.54. The molecule has 0 aliphatic carbocycles. The Morgan fingerprint density at radius 3 is 3.18 bits per heavy atom. The lowest BCUT2D eigenvalue weighted by molar-refractivity contribution is 0.253. The second-order valence-corrected chi connectivity index (χ2v) is 4.23. The van der Waals surface area contributed by atoms with Crippen molar-refractivity contribution in [1.29, 1.82) is 0 Å². The minimum absolute atomic E-state index is 0.111. The van der Waals surface area contributed by atoms with Crippen molar-refractivity contribution in [3.63, 3.8) is 0 Å². The lowest BCUT2D eigenvalue weighted by Gasteiger charge is -2.10. The van der Waals surface area contributed by atoms with Gasteiger partial charge >= 0.3 is 0 Å².